The lowest BCUT2D eigenvalue weighted by Gasteiger charge is -2.11. The second kappa shape index (κ2) is 9.72. The maximum atomic E-state index is 13.4. The van der Waals surface area contributed by atoms with Crippen LogP contribution in [0.15, 0.2) is 33.9 Å². The van der Waals surface area contributed by atoms with Gasteiger partial charge in [0.25, 0.3) is 0 Å². The third-order valence-electron chi connectivity index (χ3n) is 4.49. The van der Waals surface area contributed by atoms with E-state index in [4.69, 9.17) is 4.52 Å². The second-order valence-corrected chi connectivity index (χ2v) is 6.23. The summed E-state index contributed by atoms with van der Waals surface area (Å²) in [5.41, 5.74) is 4.09. The molecular weight excluding hydrogens is 460 g/mol. The van der Waals surface area contributed by atoms with Gasteiger partial charge in [-0.25, -0.2) is 4.39 Å². The van der Waals surface area contributed by atoms with Crippen LogP contribution in [0.1, 0.15) is 22.6 Å². The SMILES string of the molecule is CN=C(NCCc1c(C)noc1C)NCCc1c[nH]c2ccc(F)cc12.I. The molecule has 0 unspecified atom stereocenters. The van der Waals surface area contributed by atoms with Gasteiger partial charge in [-0.1, -0.05) is 5.16 Å². The van der Waals surface area contributed by atoms with Crippen LogP contribution in [0.2, 0.25) is 0 Å². The van der Waals surface area contributed by atoms with Crippen LogP contribution in [0.5, 0.6) is 0 Å². The predicted octanol–water partition coefficient (Wildman–Crippen LogP) is 3.48. The van der Waals surface area contributed by atoms with E-state index >= 15 is 0 Å². The summed E-state index contributed by atoms with van der Waals surface area (Å²) in [4.78, 5) is 7.41. The van der Waals surface area contributed by atoms with Gasteiger partial charge in [0.15, 0.2) is 5.96 Å². The predicted molar refractivity (Wildman–Crippen MR) is 116 cm³/mol. The van der Waals surface area contributed by atoms with Crippen LogP contribution in [0, 0.1) is 19.7 Å². The van der Waals surface area contributed by atoms with E-state index in [1.165, 1.54) is 6.07 Å². The molecule has 2 heterocycles. The van der Waals surface area contributed by atoms with Gasteiger partial charge >= 0.3 is 0 Å². The molecule has 3 aromatic rings. The molecule has 27 heavy (non-hydrogen) atoms. The van der Waals surface area contributed by atoms with E-state index in [2.05, 4.69) is 25.8 Å². The van der Waals surface area contributed by atoms with Gasteiger partial charge in [-0.15, -0.1) is 24.0 Å². The number of nitrogens with zero attached hydrogens (tertiary/aromatic N) is 2. The lowest BCUT2D eigenvalue weighted by Crippen LogP contribution is -2.39. The summed E-state index contributed by atoms with van der Waals surface area (Å²) in [5, 5.41) is 11.5. The Morgan fingerprint density at radius 1 is 1.22 bits per heavy atom. The summed E-state index contributed by atoms with van der Waals surface area (Å²) in [6.07, 6.45) is 3.52. The van der Waals surface area contributed by atoms with Crippen molar-refractivity contribution in [1.82, 2.24) is 20.8 Å². The molecule has 0 saturated carbocycles. The van der Waals surface area contributed by atoms with Crippen molar-refractivity contribution >= 4 is 40.8 Å². The molecule has 0 aliphatic carbocycles. The molecular formula is C19H25FIN5O. The van der Waals surface area contributed by atoms with Gasteiger partial charge < -0.3 is 20.1 Å². The molecule has 0 aliphatic rings. The zero-order chi connectivity index (χ0) is 18.5. The largest absolute Gasteiger partial charge is 0.361 e. The molecule has 3 rings (SSSR count). The highest BCUT2D eigenvalue weighted by Gasteiger charge is 2.09. The Labute approximate surface area is 175 Å². The summed E-state index contributed by atoms with van der Waals surface area (Å²) >= 11 is 0. The number of rotatable bonds is 6. The molecule has 0 amide bonds. The van der Waals surface area contributed by atoms with Crippen molar-refractivity contribution in [2.24, 2.45) is 4.99 Å². The van der Waals surface area contributed by atoms with Crippen molar-refractivity contribution < 1.29 is 8.91 Å². The molecule has 0 radical (unpaired) electrons. The first-order valence-electron chi connectivity index (χ1n) is 8.70. The van der Waals surface area contributed by atoms with Crippen LogP contribution in [-0.4, -0.2) is 36.2 Å². The first-order valence-corrected chi connectivity index (χ1v) is 8.70. The van der Waals surface area contributed by atoms with Crippen LogP contribution in [0.25, 0.3) is 10.9 Å². The topological polar surface area (TPSA) is 78.2 Å². The monoisotopic (exact) mass is 485 g/mol. The van der Waals surface area contributed by atoms with Gasteiger partial charge in [-0.05, 0) is 50.5 Å². The van der Waals surface area contributed by atoms with E-state index in [1.807, 2.05) is 20.0 Å². The Morgan fingerprint density at radius 2 is 1.96 bits per heavy atom. The number of hydrogen-bond donors (Lipinski definition) is 3. The molecule has 0 saturated heterocycles. The van der Waals surface area contributed by atoms with Crippen LogP contribution in [0.3, 0.4) is 0 Å². The van der Waals surface area contributed by atoms with Gasteiger partial charge in [0.05, 0.1) is 5.69 Å². The fourth-order valence-corrected chi connectivity index (χ4v) is 3.06. The summed E-state index contributed by atoms with van der Waals surface area (Å²) in [5.74, 6) is 1.38. The van der Waals surface area contributed by atoms with E-state index < -0.39 is 0 Å². The molecule has 0 spiro atoms. The number of fused-ring (bicyclic) bond motifs is 1. The summed E-state index contributed by atoms with van der Waals surface area (Å²) < 4.78 is 18.6. The average molecular weight is 485 g/mol. The number of aliphatic imine (C=N–C) groups is 1. The minimum absolute atomic E-state index is 0. The van der Waals surface area contributed by atoms with Gasteiger partial charge in [-0.2, -0.15) is 0 Å². The first kappa shape index (κ1) is 21.2. The van der Waals surface area contributed by atoms with Crippen LogP contribution in [0.4, 0.5) is 4.39 Å². The Kier molecular flexibility index (Phi) is 7.64. The smallest absolute Gasteiger partial charge is 0.190 e. The number of hydrogen-bond acceptors (Lipinski definition) is 3. The van der Waals surface area contributed by atoms with Crippen LogP contribution < -0.4 is 10.6 Å². The molecule has 0 atom stereocenters. The minimum Gasteiger partial charge on any atom is -0.361 e. The van der Waals surface area contributed by atoms with Crippen molar-refractivity contribution in [3.63, 3.8) is 0 Å². The van der Waals surface area contributed by atoms with Gasteiger partial charge in [0.2, 0.25) is 0 Å². The number of benzene rings is 1. The summed E-state index contributed by atoms with van der Waals surface area (Å²) in [6, 6.07) is 4.79. The van der Waals surface area contributed by atoms with E-state index in [0.717, 1.165) is 58.8 Å². The van der Waals surface area contributed by atoms with Crippen LogP contribution >= 0.6 is 24.0 Å². The van der Waals surface area contributed by atoms with E-state index in [0.29, 0.717) is 6.54 Å². The zero-order valence-electron chi connectivity index (χ0n) is 15.7. The lowest BCUT2D eigenvalue weighted by atomic mass is 10.1. The fourth-order valence-electron chi connectivity index (χ4n) is 3.06. The van der Waals surface area contributed by atoms with Crippen molar-refractivity contribution in [3.8, 4) is 0 Å². The Hall–Kier alpha value is -2.10. The van der Waals surface area contributed by atoms with Crippen molar-refractivity contribution in [2.45, 2.75) is 26.7 Å². The average Bonchev–Trinajstić information content (AvgIpc) is 3.17. The number of nitrogens with one attached hydrogen (secondary N) is 3. The number of halogens is 2. The van der Waals surface area contributed by atoms with Gasteiger partial charge in [-0.3, -0.25) is 4.99 Å². The molecule has 0 aliphatic heterocycles. The van der Waals surface area contributed by atoms with E-state index in [-0.39, 0.29) is 29.8 Å². The highest BCUT2D eigenvalue weighted by molar-refractivity contribution is 14.0. The number of aromatic amines is 1. The Morgan fingerprint density at radius 3 is 2.63 bits per heavy atom. The highest BCUT2D eigenvalue weighted by atomic mass is 127. The van der Waals surface area contributed by atoms with Crippen molar-refractivity contribution in [1.29, 1.82) is 0 Å². The Balaban J connectivity index is 0.00000261. The summed E-state index contributed by atoms with van der Waals surface area (Å²) in [6.45, 7) is 5.31. The van der Waals surface area contributed by atoms with Crippen molar-refractivity contribution in [2.75, 3.05) is 20.1 Å². The lowest BCUT2D eigenvalue weighted by molar-refractivity contribution is 0.392. The molecule has 8 heteroatoms. The fraction of sp³-hybridized carbons (Fsp3) is 0.368. The second-order valence-electron chi connectivity index (χ2n) is 6.23. The molecule has 0 bridgehead atoms. The maximum absolute atomic E-state index is 13.4. The minimum atomic E-state index is -0.219. The number of guanidine groups is 1. The van der Waals surface area contributed by atoms with Crippen molar-refractivity contribution in [3.05, 3.63) is 52.8 Å². The van der Waals surface area contributed by atoms with Gasteiger partial charge in [0, 0.05) is 42.8 Å². The molecule has 146 valence electrons. The van der Waals surface area contributed by atoms with Gasteiger partial charge in [0.1, 0.15) is 11.6 Å². The Bertz CT molecular complexity index is 899. The summed E-state index contributed by atoms with van der Waals surface area (Å²) in [7, 11) is 1.74. The maximum Gasteiger partial charge on any atom is 0.190 e. The quantitative estimate of drug-likeness (QED) is 0.284. The third-order valence-corrected chi connectivity index (χ3v) is 4.49. The van der Waals surface area contributed by atoms with E-state index in [1.54, 1.807) is 19.2 Å². The molecule has 3 N–H and O–H groups in total. The van der Waals surface area contributed by atoms with Crippen LogP contribution in [-0.2, 0) is 12.8 Å². The standard InChI is InChI=1S/C19H24FN5O.HI/c1-12-16(13(2)26-25-12)7-9-23-19(21-3)22-8-6-14-11-24-18-5-4-15(20)10-17(14)18;/h4-5,10-11,24H,6-9H2,1-3H3,(H2,21,22,23);1H. The highest BCUT2D eigenvalue weighted by Crippen LogP contribution is 2.19. The normalized spacial score (nSPS) is 11.5. The number of aromatic nitrogens is 2. The molecule has 0 fully saturated rings. The molecule has 2 aromatic heterocycles. The number of H-pyrrole nitrogens is 1. The molecule has 1 aromatic carbocycles. The third kappa shape index (κ3) is 5.21. The first-order chi connectivity index (χ1) is 12.6. The van der Waals surface area contributed by atoms with E-state index in [9.17, 15) is 4.39 Å². The zero-order valence-corrected chi connectivity index (χ0v) is 18.1. The molecule has 6 nitrogen and oxygen atoms in total. The number of aryl methyl sites for hydroxylation is 2.